The maximum absolute atomic E-state index is 13.5. The van der Waals surface area contributed by atoms with Gasteiger partial charge in [-0.15, -0.1) is 0 Å². The van der Waals surface area contributed by atoms with Gasteiger partial charge in [-0.25, -0.2) is 4.39 Å². The second-order valence-electron chi connectivity index (χ2n) is 4.80. The lowest BCUT2D eigenvalue weighted by Gasteiger charge is -2.34. The van der Waals surface area contributed by atoms with Gasteiger partial charge >= 0.3 is 0 Å². The largest absolute Gasteiger partial charge is 0.394 e. The molecule has 0 unspecified atom stereocenters. The monoisotopic (exact) mass is 273 g/mol. The number of rotatable bonds is 4. The molecule has 18 heavy (non-hydrogen) atoms. The maximum Gasteiger partial charge on any atom is 0.227 e. The number of aliphatic hydroxyl groups is 1. The first-order chi connectivity index (χ1) is 8.29. The summed E-state index contributed by atoms with van der Waals surface area (Å²) in [4.78, 5) is 13.4. The third kappa shape index (κ3) is 3.21. The van der Waals surface area contributed by atoms with E-state index in [2.05, 4.69) is 0 Å². The summed E-state index contributed by atoms with van der Waals surface area (Å²) in [7, 11) is 1.58. The van der Waals surface area contributed by atoms with Crippen molar-refractivity contribution in [2.24, 2.45) is 0 Å². The number of aliphatic hydroxyl groups excluding tert-OH is 1. The number of amides is 1. The fourth-order valence-corrected chi connectivity index (χ4v) is 1.64. The van der Waals surface area contributed by atoms with Crippen LogP contribution in [0.1, 0.15) is 19.4 Å². The zero-order valence-corrected chi connectivity index (χ0v) is 11.5. The average Bonchev–Trinajstić information content (AvgIpc) is 2.32. The van der Waals surface area contributed by atoms with Crippen molar-refractivity contribution < 1.29 is 14.3 Å². The van der Waals surface area contributed by atoms with Gasteiger partial charge in [-0.1, -0.05) is 17.7 Å². The molecule has 0 saturated carbocycles. The number of halogens is 2. The highest BCUT2D eigenvalue weighted by Gasteiger charge is 2.27. The van der Waals surface area contributed by atoms with Gasteiger partial charge in [0.25, 0.3) is 0 Å². The first-order valence-corrected chi connectivity index (χ1v) is 5.98. The van der Waals surface area contributed by atoms with Crippen molar-refractivity contribution in [3.63, 3.8) is 0 Å². The molecule has 0 atom stereocenters. The van der Waals surface area contributed by atoms with Crippen LogP contribution in [0.15, 0.2) is 18.2 Å². The Kier molecular flexibility index (Phi) is 4.71. The quantitative estimate of drug-likeness (QED) is 0.914. The minimum Gasteiger partial charge on any atom is -0.394 e. The molecule has 0 aliphatic carbocycles. The van der Waals surface area contributed by atoms with Crippen molar-refractivity contribution in [2.45, 2.75) is 25.8 Å². The number of likely N-dealkylation sites (N-methyl/N-ethyl adjacent to an activating group) is 1. The van der Waals surface area contributed by atoms with Crippen LogP contribution in [0, 0.1) is 5.82 Å². The Balaban J connectivity index is 2.89. The number of hydrogen-bond donors (Lipinski definition) is 1. The summed E-state index contributed by atoms with van der Waals surface area (Å²) in [5.41, 5.74) is -0.501. The van der Waals surface area contributed by atoms with Crippen LogP contribution in [-0.4, -0.2) is 35.1 Å². The standard InChI is InChI=1S/C13H17ClFNO2/c1-13(2,8-17)16(3)12(18)7-9-10(14)5-4-6-11(9)15/h4-6,17H,7-8H2,1-3H3. The molecule has 1 aromatic rings. The van der Waals surface area contributed by atoms with Gasteiger partial charge in [0.1, 0.15) is 5.82 Å². The van der Waals surface area contributed by atoms with Crippen LogP contribution in [0.3, 0.4) is 0 Å². The third-order valence-corrected chi connectivity index (χ3v) is 3.41. The first kappa shape index (κ1) is 14.9. The molecule has 0 saturated heterocycles. The molecule has 5 heteroatoms. The van der Waals surface area contributed by atoms with Crippen molar-refractivity contribution in [2.75, 3.05) is 13.7 Å². The third-order valence-electron chi connectivity index (χ3n) is 3.06. The van der Waals surface area contributed by atoms with Gasteiger partial charge in [0.2, 0.25) is 5.91 Å². The van der Waals surface area contributed by atoms with Crippen LogP contribution in [0.4, 0.5) is 4.39 Å². The lowest BCUT2D eigenvalue weighted by atomic mass is 10.0. The Labute approximate surface area is 111 Å². The molecule has 0 fully saturated rings. The van der Waals surface area contributed by atoms with E-state index in [4.69, 9.17) is 11.6 Å². The topological polar surface area (TPSA) is 40.5 Å². The van der Waals surface area contributed by atoms with Gasteiger partial charge in [-0.3, -0.25) is 4.79 Å². The fourth-order valence-electron chi connectivity index (χ4n) is 1.41. The smallest absolute Gasteiger partial charge is 0.227 e. The number of benzene rings is 1. The van der Waals surface area contributed by atoms with Crippen molar-refractivity contribution in [1.82, 2.24) is 4.90 Å². The van der Waals surface area contributed by atoms with Crippen molar-refractivity contribution >= 4 is 17.5 Å². The Hall–Kier alpha value is -1.13. The van der Waals surface area contributed by atoms with Crippen LogP contribution in [0.5, 0.6) is 0 Å². The van der Waals surface area contributed by atoms with Gasteiger partial charge < -0.3 is 10.0 Å². The minimum absolute atomic E-state index is 0.120. The van der Waals surface area contributed by atoms with E-state index in [0.29, 0.717) is 0 Å². The van der Waals surface area contributed by atoms with E-state index >= 15 is 0 Å². The summed E-state index contributed by atoms with van der Waals surface area (Å²) in [6.45, 7) is 3.29. The summed E-state index contributed by atoms with van der Waals surface area (Å²) in [6.07, 6.45) is -0.120. The predicted octanol–water partition coefficient (Wildman–Crippen LogP) is 2.25. The fraction of sp³-hybridized carbons (Fsp3) is 0.462. The number of carbonyl (C=O) groups is 1. The highest BCUT2D eigenvalue weighted by atomic mass is 35.5. The zero-order valence-electron chi connectivity index (χ0n) is 10.7. The van der Waals surface area contributed by atoms with E-state index in [-0.39, 0.29) is 29.5 Å². The van der Waals surface area contributed by atoms with Crippen molar-refractivity contribution in [3.05, 3.63) is 34.6 Å². The molecule has 0 aromatic heterocycles. The van der Waals surface area contributed by atoms with Crippen LogP contribution in [0.25, 0.3) is 0 Å². The lowest BCUT2D eigenvalue weighted by Crippen LogP contribution is -2.48. The highest BCUT2D eigenvalue weighted by Crippen LogP contribution is 2.21. The molecule has 1 aromatic carbocycles. The predicted molar refractivity (Wildman–Crippen MR) is 69.0 cm³/mol. The van der Waals surface area contributed by atoms with Gasteiger partial charge in [0.15, 0.2) is 0 Å². The first-order valence-electron chi connectivity index (χ1n) is 5.60. The molecule has 1 N–H and O–H groups in total. The van der Waals surface area contributed by atoms with Gasteiger partial charge in [-0.05, 0) is 26.0 Å². The number of nitrogens with zero attached hydrogens (tertiary/aromatic N) is 1. The van der Waals surface area contributed by atoms with Crippen molar-refractivity contribution in [3.8, 4) is 0 Å². The van der Waals surface area contributed by atoms with Gasteiger partial charge in [0.05, 0.1) is 18.6 Å². The SMILES string of the molecule is CN(C(=O)Cc1c(F)cccc1Cl)C(C)(C)CO. The Morgan fingerprint density at radius 1 is 1.50 bits per heavy atom. The van der Waals surface area contributed by atoms with Gasteiger partial charge in [-0.2, -0.15) is 0 Å². The Morgan fingerprint density at radius 3 is 2.61 bits per heavy atom. The van der Waals surface area contributed by atoms with Crippen LogP contribution < -0.4 is 0 Å². The average molecular weight is 274 g/mol. The molecule has 3 nitrogen and oxygen atoms in total. The van der Waals surface area contributed by atoms with Crippen molar-refractivity contribution in [1.29, 1.82) is 0 Å². The van der Waals surface area contributed by atoms with E-state index in [1.165, 1.54) is 17.0 Å². The van der Waals surface area contributed by atoms with E-state index in [0.717, 1.165) is 0 Å². The normalized spacial score (nSPS) is 11.4. The summed E-state index contributed by atoms with van der Waals surface area (Å²) in [5.74, 6) is -0.785. The van der Waals surface area contributed by atoms with Crippen LogP contribution >= 0.6 is 11.6 Å². The molecule has 0 spiro atoms. The molecule has 1 rings (SSSR count). The molecule has 0 bridgehead atoms. The number of carbonyl (C=O) groups excluding carboxylic acids is 1. The Bertz CT molecular complexity index is 428. The van der Waals surface area contributed by atoms with E-state index in [1.807, 2.05) is 0 Å². The molecule has 100 valence electrons. The van der Waals surface area contributed by atoms with E-state index < -0.39 is 11.4 Å². The second kappa shape index (κ2) is 5.67. The summed E-state index contributed by atoms with van der Waals surface area (Å²) in [6, 6.07) is 4.31. The second-order valence-corrected chi connectivity index (χ2v) is 5.21. The summed E-state index contributed by atoms with van der Waals surface area (Å²) in [5, 5.41) is 9.43. The molecule has 1 amide bonds. The zero-order chi connectivity index (χ0) is 13.9. The van der Waals surface area contributed by atoms with Crippen LogP contribution in [0.2, 0.25) is 5.02 Å². The van der Waals surface area contributed by atoms with E-state index in [1.54, 1.807) is 27.0 Å². The lowest BCUT2D eigenvalue weighted by molar-refractivity contribution is -0.135. The minimum atomic E-state index is -0.686. The Morgan fingerprint density at radius 2 is 2.11 bits per heavy atom. The molecule has 0 aliphatic heterocycles. The summed E-state index contributed by atoms with van der Waals surface area (Å²) >= 11 is 5.87. The molecular weight excluding hydrogens is 257 g/mol. The number of hydrogen-bond acceptors (Lipinski definition) is 2. The van der Waals surface area contributed by atoms with E-state index in [9.17, 15) is 14.3 Å². The maximum atomic E-state index is 13.5. The molecule has 0 radical (unpaired) electrons. The molecule has 0 aliphatic rings. The molecule has 0 heterocycles. The molecular formula is C13H17ClFNO2. The van der Waals surface area contributed by atoms with Gasteiger partial charge in [0, 0.05) is 17.6 Å². The highest BCUT2D eigenvalue weighted by molar-refractivity contribution is 6.31. The van der Waals surface area contributed by atoms with Crippen LogP contribution in [-0.2, 0) is 11.2 Å². The summed E-state index contributed by atoms with van der Waals surface area (Å²) < 4.78 is 13.5.